The van der Waals surface area contributed by atoms with Crippen molar-refractivity contribution in [3.63, 3.8) is 0 Å². The first kappa shape index (κ1) is 11.5. The van der Waals surface area contributed by atoms with Gasteiger partial charge in [0.2, 0.25) is 0 Å². The highest BCUT2D eigenvalue weighted by Gasteiger charge is 2.46. The average Bonchev–Trinajstić information content (AvgIpc) is 2.26. The van der Waals surface area contributed by atoms with Crippen molar-refractivity contribution >= 4 is 5.97 Å². The maximum Gasteiger partial charge on any atom is 0.306 e. The second-order valence-corrected chi connectivity index (χ2v) is 5.28. The van der Waals surface area contributed by atoms with E-state index in [9.17, 15) is 4.79 Å². The fraction of sp³-hybridized carbons (Fsp3) is 0.917. The van der Waals surface area contributed by atoms with Crippen LogP contribution in [0.5, 0.6) is 0 Å². The number of carbonyl (C=O) groups is 1. The minimum absolute atomic E-state index is 0.0371. The number of esters is 1. The molecule has 1 rings (SSSR count). The fourth-order valence-electron chi connectivity index (χ4n) is 2.42. The van der Waals surface area contributed by atoms with Gasteiger partial charge in [0.05, 0.1) is 13.0 Å². The van der Waals surface area contributed by atoms with Gasteiger partial charge in [0, 0.05) is 0 Å². The Labute approximate surface area is 87.0 Å². The van der Waals surface area contributed by atoms with Gasteiger partial charge in [0.1, 0.15) is 0 Å². The fourth-order valence-corrected chi connectivity index (χ4v) is 2.42. The van der Waals surface area contributed by atoms with E-state index in [-0.39, 0.29) is 16.8 Å². The van der Waals surface area contributed by atoms with Crippen LogP contribution in [0.1, 0.15) is 53.4 Å². The molecule has 0 bridgehead atoms. The van der Waals surface area contributed by atoms with Crippen LogP contribution in [-0.4, -0.2) is 12.6 Å². The first-order valence-corrected chi connectivity index (χ1v) is 5.57. The molecule has 2 nitrogen and oxygen atoms in total. The van der Waals surface area contributed by atoms with E-state index in [1.165, 1.54) is 12.8 Å². The van der Waals surface area contributed by atoms with E-state index in [1.54, 1.807) is 0 Å². The molecule has 1 atom stereocenters. The van der Waals surface area contributed by atoms with Gasteiger partial charge in [-0.2, -0.15) is 0 Å². The second-order valence-electron chi connectivity index (χ2n) is 5.28. The number of rotatable bonds is 3. The standard InChI is InChI=1S/C12H22O2/c1-5-14-10(13)9-12(4)8-6-7-11(12,2)3/h5-9H2,1-4H3. The number of ether oxygens (including phenoxy) is 1. The van der Waals surface area contributed by atoms with Crippen molar-refractivity contribution in [3.05, 3.63) is 0 Å². The van der Waals surface area contributed by atoms with Crippen molar-refractivity contribution < 1.29 is 9.53 Å². The zero-order valence-electron chi connectivity index (χ0n) is 9.85. The Morgan fingerprint density at radius 3 is 2.36 bits per heavy atom. The van der Waals surface area contributed by atoms with Crippen LogP contribution in [0.3, 0.4) is 0 Å². The van der Waals surface area contributed by atoms with E-state index in [1.807, 2.05) is 6.92 Å². The highest BCUT2D eigenvalue weighted by molar-refractivity contribution is 5.70. The Bertz CT molecular complexity index is 220. The molecule has 1 unspecified atom stereocenters. The van der Waals surface area contributed by atoms with E-state index < -0.39 is 0 Å². The summed E-state index contributed by atoms with van der Waals surface area (Å²) in [7, 11) is 0. The van der Waals surface area contributed by atoms with Crippen molar-refractivity contribution in [3.8, 4) is 0 Å². The molecule has 0 saturated heterocycles. The predicted octanol–water partition coefficient (Wildman–Crippen LogP) is 3.16. The first-order valence-electron chi connectivity index (χ1n) is 5.57. The molecule has 1 aliphatic rings. The van der Waals surface area contributed by atoms with Crippen molar-refractivity contribution in [1.29, 1.82) is 0 Å². The van der Waals surface area contributed by atoms with Crippen LogP contribution >= 0.6 is 0 Å². The topological polar surface area (TPSA) is 26.3 Å². The molecule has 0 N–H and O–H groups in total. The molecule has 0 aromatic carbocycles. The van der Waals surface area contributed by atoms with Gasteiger partial charge in [0.15, 0.2) is 0 Å². The Morgan fingerprint density at radius 1 is 1.29 bits per heavy atom. The van der Waals surface area contributed by atoms with Gasteiger partial charge in [-0.05, 0) is 30.6 Å². The summed E-state index contributed by atoms with van der Waals surface area (Å²) in [5.74, 6) is -0.0371. The van der Waals surface area contributed by atoms with Crippen LogP contribution < -0.4 is 0 Å². The second kappa shape index (κ2) is 3.92. The van der Waals surface area contributed by atoms with E-state index >= 15 is 0 Å². The van der Waals surface area contributed by atoms with Crippen molar-refractivity contribution in [2.75, 3.05) is 6.61 Å². The Hall–Kier alpha value is -0.530. The molecule has 82 valence electrons. The van der Waals surface area contributed by atoms with Crippen molar-refractivity contribution in [2.45, 2.75) is 53.4 Å². The van der Waals surface area contributed by atoms with Crippen LogP contribution in [0.25, 0.3) is 0 Å². The summed E-state index contributed by atoms with van der Waals surface area (Å²) >= 11 is 0. The van der Waals surface area contributed by atoms with E-state index in [2.05, 4.69) is 20.8 Å². The smallest absolute Gasteiger partial charge is 0.306 e. The van der Waals surface area contributed by atoms with Gasteiger partial charge in [-0.25, -0.2) is 0 Å². The number of carbonyl (C=O) groups excluding carboxylic acids is 1. The lowest BCUT2D eigenvalue weighted by Gasteiger charge is -2.37. The quantitative estimate of drug-likeness (QED) is 0.651. The zero-order chi connectivity index (χ0) is 10.8. The average molecular weight is 198 g/mol. The normalized spacial score (nSPS) is 30.3. The van der Waals surface area contributed by atoms with Crippen LogP contribution in [0, 0.1) is 10.8 Å². The molecule has 0 aromatic rings. The van der Waals surface area contributed by atoms with Crippen LogP contribution in [0.2, 0.25) is 0 Å². The highest BCUT2D eigenvalue weighted by Crippen LogP contribution is 2.54. The van der Waals surface area contributed by atoms with E-state index in [4.69, 9.17) is 4.74 Å². The molecule has 0 heterocycles. The summed E-state index contributed by atoms with van der Waals surface area (Å²) in [4.78, 5) is 11.5. The highest BCUT2D eigenvalue weighted by atomic mass is 16.5. The SMILES string of the molecule is CCOC(=O)CC1(C)CCCC1(C)C. The minimum atomic E-state index is -0.0371. The van der Waals surface area contributed by atoms with Gasteiger partial charge in [-0.1, -0.05) is 27.2 Å². The predicted molar refractivity (Wildman–Crippen MR) is 57.0 cm³/mol. The van der Waals surface area contributed by atoms with E-state index in [0.29, 0.717) is 13.0 Å². The van der Waals surface area contributed by atoms with Gasteiger partial charge in [-0.3, -0.25) is 4.79 Å². The van der Waals surface area contributed by atoms with Crippen molar-refractivity contribution in [1.82, 2.24) is 0 Å². The van der Waals surface area contributed by atoms with Crippen molar-refractivity contribution in [2.24, 2.45) is 10.8 Å². The Kier molecular flexibility index (Phi) is 3.23. The largest absolute Gasteiger partial charge is 0.466 e. The Balaban J connectivity index is 2.61. The summed E-state index contributed by atoms with van der Waals surface area (Å²) in [6.45, 7) is 9.10. The molecule has 2 heteroatoms. The monoisotopic (exact) mass is 198 g/mol. The summed E-state index contributed by atoms with van der Waals surface area (Å²) < 4.78 is 5.02. The van der Waals surface area contributed by atoms with Gasteiger partial charge in [-0.15, -0.1) is 0 Å². The van der Waals surface area contributed by atoms with E-state index in [0.717, 1.165) is 6.42 Å². The summed E-state index contributed by atoms with van der Waals surface area (Å²) in [6.07, 6.45) is 4.19. The molecule has 0 radical (unpaired) electrons. The lowest BCUT2D eigenvalue weighted by atomic mass is 9.67. The third-order valence-corrected chi connectivity index (χ3v) is 4.00. The lowest BCUT2D eigenvalue weighted by molar-refractivity contribution is -0.147. The Morgan fingerprint density at radius 2 is 1.93 bits per heavy atom. The summed E-state index contributed by atoms with van der Waals surface area (Å²) in [5, 5.41) is 0. The van der Waals surface area contributed by atoms with Gasteiger partial charge < -0.3 is 4.74 Å². The molecule has 0 amide bonds. The molecule has 1 fully saturated rings. The zero-order valence-corrected chi connectivity index (χ0v) is 9.85. The first-order chi connectivity index (χ1) is 6.41. The molecular formula is C12H22O2. The molecule has 0 spiro atoms. The third-order valence-electron chi connectivity index (χ3n) is 4.00. The van der Waals surface area contributed by atoms with Crippen LogP contribution in [0.15, 0.2) is 0 Å². The molecule has 1 aliphatic carbocycles. The van der Waals surface area contributed by atoms with Gasteiger partial charge >= 0.3 is 5.97 Å². The molecule has 14 heavy (non-hydrogen) atoms. The molecular weight excluding hydrogens is 176 g/mol. The molecule has 0 aliphatic heterocycles. The van der Waals surface area contributed by atoms with Crippen LogP contribution in [-0.2, 0) is 9.53 Å². The van der Waals surface area contributed by atoms with Crippen LogP contribution in [0.4, 0.5) is 0 Å². The summed E-state index contributed by atoms with van der Waals surface area (Å²) in [6, 6.07) is 0. The number of hydrogen-bond donors (Lipinski definition) is 0. The lowest BCUT2D eigenvalue weighted by Crippen LogP contribution is -2.32. The minimum Gasteiger partial charge on any atom is -0.466 e. The third kappa shape index (κ3) is 2.10. The van der Waals surface area contributed by atoms with Gasteiger partial charge in [0.25, 0.3) is 0 Å². The number of hydrogen-bond acceptors (Lipinski definition) is 2. The molecule has 0 aromatic heterocycles. The summed E-state index contributed by atoms with van der Waals surface area (Å²) in [5.41, 5.74) is 0.416. The molecule has 1 saturated carbocycles. The maximum absolute atomic E-state index is 11.5. The maximum atomic E-state index is 11.5.